The third-order valence-corrected chi connectivity index (χ3v) is 16.6. The molecule has 0 spiro atoms. The molecule has 1 aromatic heterocycles. The molecule has 1 aromatic rings. The van der Waals surface area contributed by atoms with E-state index in [4.69, 9.17) is 18.3 Å². The van der Waals surface area contributed by atoms with Crippen LogP contribution in [0, 0.1) is 0 Å². The van der Waals surface area contributed by atoms with Gasteiger partial charge >= 0.3 is 11.8 Å². The van der Waals surface area contributed by atoms with Gasteiger partial charge in [0.25, 0.3) is 0 Å². The van der Waals surface area contributed by atoms with Gasteiger partial charge in [0.2, 0.25) is 0 Å². The Hall–Kier alpha value is -1.61. The molecule has 0 aromatic carbocycles. The Morgan fingerprint density at radius 2 is 1.61 bits per heavy atom. The van der Waals surface area contributed by atoms with E-state index in [1.54, 1.807) is 20.8 Å². The summed E-state index contributed by atoms with van der Waals surface area (Å²) in [5.41, 5.74) is -1.47. The Morgan fingerprint density at radius 3 is 2.08 bits per heavy atom. The number of rotatable bonds is 7. The normalized spacial score (nSPS) is 23.4. The van der Waals surface area contributed by atoms with E-state index in [2.05, 4.69) is 78.0 Å². The molecule has 2 rings (SSSR count). The zero-order chi connectivity index (χ0) is 29.5. The number of nitrogens with zero attached hydrogens (tertiary/aromatic N) is 2. The molecule has 12 heteroatoms. The lowest BCUT2D eigenvalue weighted by molar-refractivity contribution is -0.0454. The lowest BCUT2D eigenvalue weighted by atomic mass is 10.1. The lowest BCUT2D eigenvalue weighted by Crippen LogP contribution is -2.50. The van der Waals surface area contributed by atoms with Crippen molar-refractivity contribution in [3.8, 4) is 0 Å². The highest BCUT2D eigenvalue weighted by Crippen LogP contribution is 2.43. The first-order valence-electron chi connectivity index (χ1n) is 13.2. The molecule has 1 saturated heterocycles. The topological polar surface area (TPSA) is 101 Å². The number of ether oxygens (including phenoxy) is 2. The first-order valence-corrected chi connectivity index (χ1v) is 19.0. The lowest BCUT2D eigenvalue weighted by Gasteiger charge is -2.40. The standard InChI is InChI=1S/C26H48FN3O6Si2/c1-24(2,3)35-23(32)29-18-14-15-30(22(31)28-18)21-19(27)20(36-38(12,13)26(7,8)9)17(34-21)16-33-37(10,11)25(4,5)6/h14-15,17,19-21H,16H2,1-13H3,(H,28,29,31,32)/t17-,19?,20?,21-/m1/s1. The van der Waals surface area contributed by atoms with Crippen molar-refractivity contribution < 1.29 is 27.5 Å². The first-order chi connectivity index (χ1) is 17.0. The average molecular weight is 574 g/mol. The van der Waals surface area contributed by atoms with Crippen LogP contribution < -0.4 is 11.0 Å². The fourth-order valence-electron chi connectivity index (χ4n) is 3.30. The van der Waals surface area contributed by atoms with Gasteiger partial charge in [-0.05, 0) is 63.1 Å². The number of aromatic nitrogens is 2. The Morgan fingerprint density at radius 1 is 1.05 bits per heavy atom. The number of halogens is 1. The van der Waals surface area contributed by atoms with Gasteiger partial charge < -0.3 is 18.3 Å². The van der Waals surface area contributed by atoms with E-state index >= 15 is 4.39 Å². The molecule has 0 radical (unpaired) electrons. The number of amides is 1. The molecule has 1 fully saturated rings. The summed E-state index contributed by atoms with van der Waals surface area (Å²) in [5.74, 6) is 0.000730. The number of carbonyl (C=O) groups excluding carboxylic acids is 1. The van der Waals surface area contributed by atoms with Crippen molar-refractivity contribution in [1.29, 1.82) is 0 Å². The fourth-order valence-corrected chi connectivity index (χ4v) is 5.63. The summed E-state index contributed by atoms with van der Waals surface area (Å²) in [5, 5.41) is 2.25. The highest BCUT2D eigenvalue weighted by Gasteiger charge is 2.52. The Balaban J connectivity index is 2.33. The molecule has 0 saturated carbocycles. The van der Waals surface area contributed by atoms with E-state index in [0.717, 1.165) is 4.57 Å². The molecule has 9 nitrogen and oxygen atoms in total. The van der Waals surface area contributed by atoms with E-state index in [0.29, 0.717) is 0 Å². The van der Waals surface area contributed by atoms with E-state index in [9.17, 15) is 9.59 Å². The van der Waals surface area contributed by atoms with Gasteiger partial charge in [0.15, 0.2) is 29.0 Å². The van der Waals surface area contributed by atoms with Crippen LogP contribution in [0.15, 0.2) is 17.1 Å². The maximum absolute atomic E-state index is 16.1. The second kappa shape index (κ2) is 11.1. The molecular formula is C26H48FN3O6Si2. The van der Waals surface area contributed by atoms with Crippen LogP contribution in [0.5, 0.6) is 0 Å². The SMILES string of the molecule is CC(C)(C)OC(=O)Nc1ccn([C@@H]2O[C@H](CO[Si](C)(C)C(C)(C)C)C(O[Si](C)(C)C(C)(C)C)C2F)c(=O)n1. The van der Waals surface area contributed by atoms with Crippen LogP contribution in [-0.4, -0.2) is 62.9 Å². The molecular weight excluding hydrogens is 525 g/mol. The Labute approximate surface area is 229 Å². The van der Waals surface area contributed by atoms with Gasteiger partial charge in [-0.25, -0.2) is 14.0 Å². The summed E-state index contributed by atoms with van der Waals surface area (Å²) >= 11 is 0. The zero-order valence-electron chi connectivity index (χ0n) is 25.4. The van der Waals surface area contributed by atoms with Gasteiger partial charge in [-0.3, -0.25) is 9.88 Å². The number of hydrogen-bond acceptors (Lipinski definition) is 7. The molecule has 4 atom stereocenters. The summed E-state index contributed by atoms with van der Waals surface area (Å²) in [6, 6.07) is 1.41. The number of alkyl halides is 1. The van der Waals surface area contributed by atoms with Gasteiger partial charge in [0.1, 0.15) is 23.6 Å². The zero-order valence-corrected chi connectivity index (χ0v) is 27.4. The van der Waals surface area contributed by atoms with Gasteiger partial charge in [0.05, 0.1) is 6.61 Å². The van der Waals surface area contributed by atoms with Gasteiger partial charge in [-0.2, -0.15) is 4.98 Å². The molecule has 1 N–H and O–H groups in total. The van der Waals surface area contributed by atoms with Crippen molar-refractivity contribution in [1.82, 2.24) is 9.55 Å². The third-order valence-electron chi connectivity index (χ3n) is 7.65. The molecule has 2 unspecified atom stereocenters. The minimum atomic E-state index is -2.38. The Kier molecular flexibility index (Phi) is 9.53. The fraction of sp³-hybridized carbons (Fsp3) is 0.808. The number of anilines is 1. The highest BCUT2D eigenvalue weighted by atomic mass is 28.4. The minimum Gasteiger partial charge on any atom is -0.444 e. The summed E-state index contributed by atoms with van der Waals surface area (Å²) in [6.07, 6.45) is -3.86. The molecule has 1 amide bonds. The highest BCUT2D eigenvalue weighted by molar-refractivity contribution is 6.74. The van der Waals surface area contributed by atoms with Crippen LogP contribution in [0.25, 0.3) is 0 Å². The van der Waals surface area contributed by atoms with Gasteiger partial charge in [-0.15, -0.1) is 0 Å². The smallest absolute Gasteiger partial charge is 0.413 e. The summed E-state index contributed by atoms with van der Waals surface area (Å²) in [7, 11) is -4.54. The third kappa shape index (κ3) is 7.96. The molecule has 0 bridgehead atoms. The molecule has 218 valence electrons. The second-order valence-corrected chi connectivity index (χ2v) is 23.6. The van der Waals surface area contributed by atoms with Crippen molar-refractivity contribution in [2.45, 2.75) is 129 Å². The Bertz CT molecular complexity index is 1040. The van der Waals surface area contributed by atoms with Crippen molar-refractivity contribution in [2.75, 3.05) is 11.9 Å². The monoisotopic (exact) mass is 573 g/mol. The molecule has 2 heterocycles. The summed E-state index contributed by atoms with van der Waals surface area (Å²) in [6.45, 7) is 26.4. The van der Waals surface area contributed by atoms with Gasteiger partial charge in [0, 0.05) is 6.20 Å². The van der Waals surface area contributed by atoms with Crippen LogP contribution in [-0.2, 0) is 18.3 Å². The first kappa shape index (κ1) is 32.6. The van der Waals surface area contributed by atoms with Crippen LogP contribution in [0.1, 0.15) is 68.5 Å². The van der Waals surface area contributed by atoms with Crippen molar-refractivity contribution in [3.63, 3.8) is 0 Å². The van der Waals surface area contributed by atoms with E-state index in [-0.39, 0.29) is 22.5 Å². The number of hydrogen-bond donors (Lipinski definition) is 1. The summed E-state index contributed by atoms with van der Waals surface area (Å²) < 4.78 is 41.4. The molecule has 38 heavy (non-hydrogen) atoms. The van der Waals surface area contributed by atoms with Gasteiger partial charge in [-0.1, -0.05) is 41.5 Å². The number of carbonyl (C=O) groups is 1. The average Bonchev–Trinajstić information content (AvgIpc) is 2.98. The van der Waals surface area contributed by atoms with Crippen LogP contribution in [0.2, 0.25) is 36.3 Å². The second-order valence-electron chi connectivity index (χ2n) is 14.1. The largest absolute Gasteiger partial charge is 0.444 e. The predicted octanol–water partition coefficient (Wildman–Crippen LogP) is 6.24. The predicted molar refractivity (Wildman–Crippen MR) is 152 cm³/mol. The van der Waals surface area contributed by atoms with Crippen molar-refractivity contribution in [2.24, 2.45) is 0 Å². The maximum Gasteiger partial charge on any atom is 0.413 e. The van der Waals surface area contributed by atoms with Crippen molar-refractivity contribution >= 4 is 28.5 Å². The maximum atomic E-state index is 16.1. The van der Waals surface area contributed by atoms with E-state index in [1.165, 1.54) is 12.3 Å². The molecule has 1 aliphatic heterocycles. The summed E-state index contributed by atoms with van der Waals surface area (Å²) in [4.78, 5) is 28.9. The van der Waals surface area contributed by atoms with Crippen molar-refractivity contribution in [3.05, 3.63) is 22.7 Å². The van der Waals surface area contributed by atoms with Crippen LogP contribution in [0.3, 0.4) is 0 Å². The van der Waals surface area contributed by atoms with E-state index < -0.39 is 58.6 Å². The molecule has 1 aliphatic rings. The minimum absolute atomic E-state index is 0.000730. The van der Waals surface area contributed by atoms with E-state index in [1.807, 2.05) is 0 Å². The molecule has 0 aliphatic carbocycles. The van der Waals surface area contributed by atoms with Crippen LogP contribution >= 0.6 is 0 Å². The van der Waals surface area contributed by atoms with Crippen LogP contribution in [0.4, 0.5) is 15.0 Å². The number of nitrogens with one attached hydrogen (secondary N) is 1. The quantitative estimate of drug-likeness (QED) is 0.386.